The number of carbonyl (C=O) groups excluding carboxylic acids is 1. The average Bonchev–Trinajstić information content (AvgIpc) is 2.97. The summed E-state index contributed by atoms with van der Waals surface area (Å²) in [4.78, 5) is 17.6. The third-order valence-corrected chi connectivity index (χ3v) is 7.77. The molecule has 9 nitrogen and oxygen atoms in total. The lowest BCUT2D eigenvalue weighted by Crippen LogP contribution is -2.31. The second-order valence-electron chi connectivity index (χ2n) is 10.8. The van der Waals surface area contributed by atoms with Crippen LogP contribution in [0.15, 0.2) is 48.7 Å². The van der Waals surface area contributed by atoms with Gasteiger partial charge in [0.2, 0.25) is 5.75 Å². The number of phenols is 3. The van der Waals surface area contributed by atoms with Gasteiger partial charge >= 0.3 is 0 Å². The van der Waals surface area contributed by atoms with E-state index in [1.807, 2.05) is 0 Å². The second kappa shape index (κ2) is 14.1. The van der Waals surface area contributed by atoms with Crippen molar-refractivity contribution in [3.63, 3.8) is 0 Å². The van der Waals surface area contributed by atoms with E-state index in [9.17, 15) is 25.2 Å². The zero-order valence-electron chi connectivity index (χ0n) is 23.5. The zero-order valence-corrected chi connectivity index (χ0v) is 23.5. The van der Waals surface area contributed by atoms with Gasteiger partial charge in [-0.05, 0) is 104 Å². The van der Waals surface area contributed by atoms with Gasteiger partial charge in [0.15, 0.2) is 23.0 Å². The van der Waals surface area contributed by atoms with Crippen molar-refractivity contribution in [1.82, 2.24) is 4.98 Å². The summed E-state index contributed by atoms with van der Waals surface area (Å²) in [6.07, 6.45) is 7.28. The molecule has 2 unspecified atom stereocenters. The lowest BCUT2D eigenvalue weighted by Gasteiger charge is -2.24. The largest absolute Gasteiger partial charge is 0.504 e. The third kappa shape index (κ3) is 8.27. The van der Waals surface area contributed by atoms with Gasteiger partial charge in [0.25, 0.3) is 0 Å². The molecule has 2 atom stereocenters. The van der Waals surface area contributed by atoms with Crippen molar-refractivity contribution in [2.75, 3.05) is 12.8 Å². The van der Waals surface area contributed by atoms with Crippen molar-refractivity contribution in [3.8, 4) is 28.7 Å². The molecule has 2 aromatic carbocycles. The molecule has 1 heterocycles. The topological polar surface area (TPSA) is 155 Å². The number of pyridine rings is 1. The number of anilines is 1. The lowest BCUT2D eigenvalue weighted by molar-refractivity contribution is -0.126. The summed E-state index contributed by atoms with van der Waals surface area (Å²) >= 11 is 0. The maximum absolute atomic E-state index is 13.6. The number of aryl methyl sites for hydroxylation is 2. The molecule has 1 aromatic heterocycles. The molecule has 0 saturated heterocycles. The van der Waals surface area contributed by atoms with Gasteiger partial charge in [-0.15, -0.1) is 0 Å². The Morgan fingerprint density at radius 2 is 1.71 bits per heavy atom. The number of Topliss-reactive ketones (excluding diaryl/α,β-unsaturated/α-hetero) is 1. The number of aromatic nitrogens is 1. The minimum absolute atomic E-state index is 0.00759. The molecule has 9 heteroatoms. The molecule has 0 amide bonds. The molecule has 0 aliphatic heterocycles. The fourth-order valence-corrected chi connectivity index (χ4v) is 5.43. The van der Waals surface area contributed by atoms with E-state index in [0.29, 0.717) is 42.8 Å². The highest BCUT2D eigenvalue weighted by Gasteiger charge is 2.27. The Morgan fingerprint density at radius 3 is 2.44 bits per heavy atom. The van der Waals surface area contributed by atoms with Gasteiger partial charge in [-0.1, -0.05) is 12.5 Å². The van der Waals surface area contributed by atoms with Gasteiger partial charge in [0, 0.05) is 18.5 Å². The van der Waals surface area contributed by atoms with Crippen LogP contribution in [0.5, 0.6) is 28.7 Å². The van der Waals surface area contributed by atoms with Gasteiger partial charge in [-0.2, -0.15) is 0 Å². The molecule has 1 saturated carbocycles. The summed E-state index contributed by atoms with van der Waals surface area (Å²) < 4.78 is 11.2. The van der Waals surface area contributed by atoms with Crippen LogP contribution >= 0.6 is 0 Å². The number of phenolic OH excluding ortho intramolecular Hbond substituents is 3. The maximum atomic E-state index is 13.6. The number of nitrogens with two attached hydrogens (primary N) is 1. The Hall–Kier alpha value is -3.98. The monoisotopic (exact) mass is 564 g/mol. The Morgan fingerprint density at radius 1 is 0.951 bits per heavy atom. The zero-order chi connectivity index (χ0) is 29.4. The summed E-state index contributed by atoms with van der Waals surface area (Å²) in [6.45, 7) is 0. The molecular formula is C32H40N2O7. The molecule has 3 aromatic rings. The quantitative estimate of drug-likeness (QED) is 0.183. The Bertz CT molecular complexity index is 1320. The van der Waals surface area contributed by atoms with Gasteiger partial charge in [-0.3, -0.25) is 4.79 Å². The number of ether oxygens (including phenoxy) is 2. The first kappa shape index (κ1) is 30.0. The number of aromatic hydroxyl groups is 3. The number of benzene rings is 2. The Labute approximate surface area is 240 Å². The van der Waals surface area contributed by atoms with E-state index in [1.165, 1.54) is 19.6 Å². The first-order chi connectivity index (χ1) is 19.7. The summed E-state index contributed by atoms with van der Waals surface area (Å²) in [5.41, 5.74) is 8.18. The van der Waals surface area contributed by atoms with Crippen molar-refractivity contribution in [2.24, 2.45) is 5.92 Å². The number of nitrogens with zero attached hydrogens (tertiary/aromatic N) is 1. The normalized spacial score (nSPS) is 15.3. The number of nitrogen functional groups attached to an aromatic ring is 1. The minimum Gasteiger partial charge on any atom is -0.504 e. The van der Waals surface area contributed by atoms with E-state index >= 15 is 0 Å². The average molecular weight is 565 g/mol. The standard InChI is InChI=1S/C32H40N2O7/c1-40-29-17-20(8-12-27(29)37)7-10-25(35)24(15-22-13-14-34-31(33)19-22)26(36)11-9-21-16-28(38)32(39)30(18-21)41-23-5-3-2-4-6-23/h8,12-14,16-19,23-25,35,37-39H,2-7,9-11,15H2,1H3,(H2,33,34). The minimum atomic E-state index is -0.935. The Kier molecular flexibility index (Phi) is 10.3. The van der Waals surface area contributed by atoms with E-state index in [2.05, 4.69) is 4.98 Å². The molecule has 1 aliphatic carbocycles. The van der Waals surface area contributed by atoms with Gasteiger partial charge in [-0.25, -0.2) is 4.98 Å². The van der Waals surface area contributed by atoms with Crippen LogP contribution in [-0.4, -0.2) is 50.5 Å². The van der Waals surface area contributed by atoms with Gasteiger partial charge < -0.3 is 35.6 Å². The van der Waals surface area contributed by atoms with Crippen molar-refractivity contribution < 1.29 is 34.7 Å². The molecule has 0 bridgehead atoms. The maximum Gasteiger partial charge on any atom is 0.200 e. The number of hydrogen-bond acceptors (Lipinski definition) is 9. The number of rotatable bonds is 13. The smallest absolute Gasteiger partial charge is 0.200 e. The highest BCUT2D eigenvalue weighted by molar-refractivity contribution is 5.82. The molecule has 0 spiro atoms. The fourth-order valence-electron chi connectivity index (χ4n) is 5.43. The van der Waals surface area contributed by atoms with Gasteiger partial charge in [0.1, 0.15) is 11.6 Å². The van der Waals surface area contributed by atoms with E-state index < -0.39 is 12.0 Å². The predicted molar refractivity (Wildman–Crippen MR) is 155 cm³/mol. The van der Waals surface area contributed by atoms with E-state index in [-0.39, 0.29) is 41.3 Å². The van der Waals surface area contributed by atoms with Crippen molar-refractivity contribution >= 4 is 11.6 Å². The summed E-state index contributed by atoms with van der Waals surface area (Å²) in [5, 5.41) is 41.8. The SMILES string of the molecule is COc1cc(CCC(O)C(Cc2ccnc(N)c2)C(=O)CCc2cc(O)c(O)c(OC3CCCCC3)c2)ccc1O. The molecule has 0 radical (unpaired) electrons. The highest BCUT2D eigenvalue weighted by atomic mass is 16.5. The number of hydrogen-bond donors (Lipinski definition) is 5. The summed E-state index contributed by atoms with van der Waals surface area (Å²) in [5.74, 6) is -0.447. The lowest BCUT2D eigenvalue weighted by atomic mass is 9.85. The summed E-state index contributed by atoms with van der Waals surface area (Å²) in [7, 11) is 1.47. The van der Waals surface area contributed by atoms with E-state index in [0.717, 1.165) is 36.8 Å². The van der Waals surface area contributed by atoms with Gasteiger partial charge in [0.05, 0.1) is 19.3 Å². The molecule has 220 valence electrons. The fraction of sp³-hybridized carbons (Fsp3) is 0.438. The van der Waals surface area contributed by atoms with Crippen LogP contribution in [-0.2, 0) is 24.1 Å². The van der Waals surface area contributed by atoms with Crippen LogP contribution in [0, 0.1) is 5.92 Å². The first-order valence-corrected chi connectivity index (χ1v) is 14.2. The molecule has 6 N–H and O–H groups in total. The molecule has 4 rings (SSSR count). The molecular weight excluding hydrogens is 524 g/mol. The number of aliphatic hydroxyl groups excluding tert-OH is 1. The molecule has 1 fully saturated rings. The van der Waals surface area contributed by atoms with Crippen LogP contribution in [0.2, 0.25) is 0 Å². The molecule has 1 aliphatic rings. The summed E-state index contributed by atoms with van der Waals surface area (Å²) in [6, 6.07) is 11.6. The first-order valence-electron chi connectivity index (χ1n) is 14.2. The number of carbonyl (C=O) groups is 1. The Balaban J connectivity index is 1.46. The van der Waals surface area contributed by atoms with Crippen molar-refractivity contribution in [1.29, 1.82) is 0 Å². The number of methoxy groups -OCH3 is 1. The van der Waals surface area contributed by atoms with Crippen LogP contribution in [0.1, 0.15) is 61.6 Å². The van der Waals surface area contributed by atoms with Crippen LogP contribution in [0.3, 0.4) is 0 Å². The molecule has 41 heavy (non-hydrogen) atoms. The second-order valence-corrected chi connectivity index (χ2v) is 10.8. The third-order valence-electron chi connectivity index (χ3n) is 7.77. The van der Waals surface area contributed by atoms with E-state index in [1.54, 1.807) is 42.6 Å². The van der Waals surface area contributed by atoms with E-state index in [4.69, 9.17) is 15.2 Å². The highest BCUT2D eigenvalue weighted by Crippen LogP contribution is 2.39. The van der Waals surface area contributed by atoms with Crippen LogP contribution < -0.4 is 15.2 Å². The number of ketones is 1. The van der Waals surface area contributed by atoms with Crippen LogP contribution in [0.25, 0.3) is 0 Å². The van der Waals surface area contributed by atoms with Crippen LogP contribution in [0.4, 0.5) is 5.82 Å². The number of aliphatic hydroxyl groups is 1. The van der Waals surface area contributed by atoms with Crippen molar-refractivity contribution in [2.45, 2.75) is 76.4 Å². The predicted octanol–water partition coefficient (Wildman–Crippen LogP) is 4.86. The van der Waals surface area contributed by atoms with Crippen molar-refractivity contribution in [3.05, 3.63) is 65.4 Å².